The SMILES string of the molecule is CC1CC(C)C(C)N(CCCC(C)(C#N)NC2CC2)C1. The van der Waals surface area contributed by atoms with Crippen molar-refractivity contribution < 1.29 is 0 Å². The molecule has 4 unspecified atom stereocenters. The summed E-state index contributed by atoms with van der Waals surface area (Å²) in [7, 11) is 0. The summed E-state index contributed by atoms with van der Waals surface area (Å²) in [6, 6.07) is 3.78. The van der Waals surface area contributed by atoms with Crippen LogP contribution < -0.4 is 5.32 Å². The Morgan fingerprint density at radius 1 is 1.30 bits per heavy atom. The van der Waals surface area contributed by atoms with E-state index < -0.39 is 0 Å². The molecule has 0 aromatic rings. The molecule has 2 rings (SSSR count). The Balaban J connectivity index is 1.77. The van der Waals surface area contributed by atoms with E-state index in [2.05, 4.69) is 44.0 Å². The summed E-state index contributed by atoms with van der Waals surface area (Å²) in [5, 5.41) is 12.9. The van der Waals surface area contributed by atoms with Crippen molar-refractivity contribution in [3.8, 4) is 6.07 Å². The number of likely N-dealkylation sites (tertiary alicyclic amines) is 1. The number of hydrogen-bond acceptors (Lipinski definition) is 3. The zero-order chi connectivity index (χ0) is 14.8. The van der Waals surface area contributed by atoms with Gasteiger partial charge in [-0.3, -0.25) is 5.32 Å². The standard InChI is InChI=1S/C17H31N3/c1-13-10-14(2)15(3)20(11-13)9-5-8-17(4,12-18)19-16-6-7-16/h13-16,19H,5-11H2,1-4H3. The number of nitriles is 1. The second-order valence-corrected chi connectivity index (χ2v) is 7.52. The molecule has 1 N–H and O–H groups in total. The van der Waals surface area contributed by atoms with Gasteiger partial charge in [0, 0.05) is 18.6 Å². The second kappa shape index (κ2) is 6.45. The van der Waals surface area contributed by atoms with E-state index in [0.717, 1.165) is 31.2 Å². The Hall–Kier alpha value is -0.590. The number of piperidine rings is 1. The smallest absolute Gasteiger partial charge is 0.104 e. The molecule has 1 aliphatic carbocycles. The molecule has 0 radical (unpaired) electrons. The predicted octanol–water partition coefficient (Wildman–Crippen LogP) is 3.17. The molecule has 0 bridgehead atoms. The third-order valence-corrected chi connectivity index (χ3v) is 5.19. The Bertz CT molecular complexity index is 358. The van der Waals surface area contributed by atoms with Crippen LogP contribution in [0.25, 0.3) is 0 Å². The topological polar surface area (TPSA) is 39.1 Å². The van der Waals surface area contributed by atoms with Gasteiger partial charge in [-0.1, -0.05) is 13.8 Å². The minimum Gasteiger partial charge on any atom is -0.300 e. The molecule has 1 saturated carbocycles. The molecule has 1 saturated heterocycles. The van der Waals surface area contributed by atoms with Gasteiger partial charge in [-0.05, 0) is 64.3 Å². The monoisotopic (exact) mass is 277 g/mol. The van der Waals surface area contributed by atoms with Crippen molar-refractivity contribution >= 4 is 0 Å². The van der Waals surface area contributed by atoms with Crippen LogP contribution in [0.4, 0.5) is 0 Å². The fraction of sp³-hybridized carbons (Fsp3) is 0.941. The number of rotatable bonds is 6. The van der Waals surface area contributed by atoms with Crippen molar-refractivity contribution in [3.63, 3.8) is 0 Å². The Morgan fingerprint density at radius 2 is 2.00 bits per heavy atom. The number of nitrogens with one attached hydrogen (secondary N) is 1. The maximum Gasteiger partial charge on any atom is 0.104 e. The summed E-state index contributed by atoms with van der Waals surface area (Å²) in [5.41, 5.74) is -0.322. The fourth-order valence-corrected chi connectivity index (χ4v) is 3.60. The van der Waals surface area contributed by atoms with E-state index in [1.807, 2.05) is 0 Å². The van der Waals surface area contributed by atoms with Gasteiger partial charge in [0.15, 0.2) is 0 Å². The fourth-order valence-electron chi connectivity index (χ4n) is 3.60. The van der Waals surface area contributed by atoms with Gasteiger partial charge in [0.25, 0.3) is 0 Å². The zero-order valence-corrected chi connectivity index (χ0v) is 13.7. The molecule has 0 aromatic heterocycles. The first-order chi connectivity index (χ1) is 9.43. The van der Waals surface area contributed by atoms with Crippen molar-refractivity contribution in [2.45, 2.75) is 77.4 Å². The molecule has 2 fully saturated rings. The van der Waals surface area contributed by atoms with Crippen LogP contribution in [0.15, 0.2) is 0 Å². The minimum absolute atomic E-state index is 0.322. The van der Waals surface area contributed by atoms with Gasteiger partial charge in [0.05, 0.1) is 6.07 Å². The van der Waals surface area contributed by atoms with E-state index in [4.69, 9.17) is 0 Å². The lowest BCUT2D eigenvalue weighted by atomic mass is 9.85. The van der Waals surface area contributed by atoms with Crippen LogP contribution in [0.5, 0.6) is 0 Å². The van der Waals surface area contributed by atoms with Crippen LogP contribution in [0.1, 0.15) is 59.8 Å². The van der Waals surface area contributed by atoms with E-state index in [0.29, 0.717) is 12.1 Å². The van der Waals surface area contributed by atoms with E-state index in [1.165, 1.54) is 25.8 Å². The molecule has 0 spiro atoms. The van der Waals surface area contributed by atoms with Crippen molar-refractivity contribution in [3.05, 3.63) is 0 Å². The average molecular weight is 277 g/mol. The zero-order valence-electron chi connectivity index (χ0n) is 13.7. The normalized spacial score (nSPS) is 34.5. The molecule has 0 aromatic carbocycles. The third kappa shape index (κ3) is 4.20. The first kappa shape index (κ1) is 15.8. The number of nitrogens with zero attached hydrogens (tertiary/aromatic N) is 2. The summed E-state index contributed by atoms with van der Waals surface area (Å²) >= 11 is 0. The van der Waals surface area contributed by atoms with E-state index >= 15 is 0 Å². The first-order valence-corrected chi connectivity index (χ1v) is 8.36. The molecule has 4 atom stereocenters. The Morgan fingerprint density at radius 3 is 2.60 bits per heavy atom. The van der Waals surface area contributed by atoms with Crippen LogP contribution in [-0.2, 0) is 0 Å². The van der Waals surface area contributed by atoms with Crippen molar-refractivity contribution in [2.75, 3.05) is 13.1 Å². The van der Waals surface area contributed by atoms with Gasteiger partial charge in [-0.2, -0.15) is 5.26 Å². The lowest BCUT2D eigenvalue weighted by Crippen LogP contribution is -2.47. The lowest BCUT2D eigenvalue weighted by Gasteiger charge is -2.41. The molecular formula is C17H31N3. The summed E-state index contributed by atoms with van der Waals surface area (Å²) in [6.07, 6.45) is 5.93. The van der Waals surface area contributed by atoms with Crippen molar-refractivity contribution in [2.24, 2.45) is 11.8 Å². The molecule has 3 heteroatoms. The van der Waals surface area contributed by atoms with E-state index in [-0.39, 0.29) is 5.54 Å². The Kier molecular flexibility index (Phi) is 5.09. The van der Waals surface area contributed by atoms with Gasteiger partial charge in [-0.15, -0.1) is 0 Å². The second-order valence-electron chi connectivity index (χ2n) is 7.52. The molecule has 2 aliphatic rings. The van der Waals surface area contributed by atoms with Crippen LogP contribution in [-0.4, -0.2) is 35.6 Å². The maximum atomic E-state index is 9.41. The maximum absolute atomic E-state index is 9.41. The third-order valence-electron chi connectivity index (χ3n) is 5.19. The Labute approximate surface area is 124 Å². The summed E-state index contributed by atoms with van der Waals surface area (Å²) in [6.45, 7) is 11.5. The summed E-state index contributed by atoms with van der Waals surface area (Å²) < 4.78 is 0. The highest BCUT2D eigenvalue weighted by molar-refractivity contribution is 5.07. The predicted molar refractivity (Wildman–Crippen MR) is 83.4 cm³/mol. The van der Waals surface area contributed by atoms with Crippen molar-refractivity contribution in [1.82, 2.24) is 10.2 Å². The van der Waals surface area contributed by atoms with Crippen LogP contribution >= 0.6 is 0 Å². The summed E-state index contributed by atoms with van der Waals surface area (Å²) in [4.78, 5) is 2.63. The van der Waals surface area contributed by atoms with Crippen molar-refractivity contribution in [1.29, 1.82) is 5.26 Å². The average Bonchev–Trinajstić information content (AvgIpc) is 3.19. The van der Waals surface area contributed by atoms with Gasteiger partial charge >= 0.3 is 0 Å². The highest BCUT2D eigenvalue weighted by Crippen LogP contribution is 2.28. The quantitative estimate of drug-likeness (QED) is 0.810. The molecule has 114 valence electrons. The molecule has 1 heterocycles. The number of hydrogen-bond donors (Lipinski definition) is 1. The molecule has 1 aliphatic heterocycles. The van der Waals surface area contributed by atoms with Gasteiger partial charge in [0.1, 0.15) is 5.54 Å². The van der Waals surface area contributed by atoms with Gasteiger partial charge in [0.2, 0.25) is 0 Å². The van der Waals surface area contributed by atoms with E-state index in [9.17, 15) is 5.26 Å². The molecular weight excluding hydrogens is 246 g/mol. The minimum atomic E-state index is -0.322. The van der Waals surface area contributed by atoms with Crippen LogP contribution in [0.3, 0.4) is 0 Å². The highest BCUT2D eigenvalue weighted by atomic mass is 15.2. The molecule has 3 nitrogen and oxygen atoms in total. The first-order valence-electron chi connectivity index (χ1n) is 8.36. The van der Waals surface area contributed by atoms with Crippen LogP contribution in [0, 0.1) is 23.2 Å². The molecule has 0 amide bonds. The highest BCUT2D eigenvalue weighted by Gasteiger charge is 2.33. The largest absolute Gasteiger partial charge is 0.300 e. The van der Waals surface area contributed by atoms with E-state index in [1.54, 1.807) is 0 Å². The van der Waals surface area contributed by atoms with Crippen LogP contribution in [0.2, 0.25) is 0 Å². The van der Waals surface area contributed by atoms with Gasteiger partial charge in [-0.25, -0.2) is 0 Å². The van der Waals surface area contributed by atoms with Gasteiger partial charge < -0.3 is 4.90 Å². The lowest BCUT2D eigenvalue weighted by molar-refractivity contribution is 0.0768. The summed E-state index contributed by atoms with van der Waals surface area (Å²) in [5.74, 6) is 1.61. The molecule has 20 heavy (non-hydrogen) atoms.